The molecule has 0 unspecified atom stereocenters. The molecule has 1 aliphatic rings. The number of thiazole rings is 1. The molecule has 0 radical (unpaired) electrons. The van der Waals surface area contributed by atoms with E-state index in [9.17, 15) is 4.79 Å². The van der Waals surface area contributed by atoms with Crippen molar-refractivity contribution in [2.75, 3.05) is 0 Å². The number of aromatic nitrogens is 1. The smallest absolute Gasteiger partial charge is 0.309 e. The Hall–Kier alpha value is -0.900. The maximum absolute atomic E-state index is 11.1. The summed E-state index contributed by atoms with van der Waals surface area (Å²) >= 11 is 1.61. The van der Waals surface area contributed by atoms with Gasteiger partial charge in [0.15, 0.2) is 0 Å². The molecule has 17 heavy (non-hydrogen) atoms. The number of nitrogens with zero attached hydrogens (tertiary/aromatic N) is 1. The first-order chi connectivity index (χ1) is 7.99. The molecule has 0 saturated heterocycles. The summed E-state index contributed by atoms with van der Waals surface area (Å²) in [5.41, 5.74) is 0.467. The van der Waals surface area contributed by atoms with Gasteiger partial charge in [-0.25, -0.2) is 4.98 Å². The van der Waals surface area contributed by atoms with E-state index in [1.165, 1.54) is 31.4 Å². The SMILES string of the molecule is CC(C)(Cc1nc(C2CCCC2)cs1)C(=O)O. The molecular formula is C13H19NO2S. The predicted molar refractivity (Wildman–Crippen MR) is 68.4 cm³/mol. The average Bonchev–Trinajstić information content (AvgIpc) is 2.85. The Bertz CT molecular complexity index is 405. The molecule has 1 aromatic rings. The van der Waals surface area contributed by atoms with Crippen molar-refractivity contribution in [3.8, 4) is 0 Å². The molecule has 1 aromatic heterocycles. The number of hydrogen-bond acceptors (Lipinski definition) is 3. The van der Waals surface area contributed by atoms with Crippen LogP contribution in [0.5, 0.6) is 0 Å². The first-order valence-electron chi connectivity index (χ1n) is 6.17. The van der Waals surface area contributed by atoms with E-state index in [0.29, 0.717) is 12.3 Å². The third kappa shape index (κ3) is 2.86. The summed E-state index contributed by atoms with van der Waals surface area (Å²) in [6.45, 7) is 3.51. The molecule has 0 amide bonds. The lowest BCUT2D eigenvalue weighted by Gasteiger charge is -2.16. The van der Waals surface area contributed by atoms with Gasteiger partial charge in [0.05, 0.1) is 16.1 Å². The first-order valence-corrected chi connectivity index (χ1v) is 7.05. The third-order valence-corrected chi connectivity index (χ3v) is 4.38. The molecule has 1 fully saturated rings. The van der Waals surface area contributed by atoms with Crippen LogP contribution < -0.4 is 0 Å². The minimum atomic E-state index is -0.755. The maximum Gasteiger partial charge on any atom is 0.309 e. The molecule has 2 rings (SSSR count). The van der Waals surface area contributed by atoms with Gasteiger partial charge in [-0.05, 0) is 26.7 Å². The van der Waals surface area contributed by atoms with Crippen LogP contribution in [-0.2, 0) is 11.2 Å². The standard InChI is InChI=1S/C13H19NO2S/c1-13(2,12(15)16)7-11-14-10(8-17-11)9-5-3-4-6-9/h8-9H,3-7H2,1-2H3,(H,15,16). The second-order valence-corrected chi connectivity index (χ2v) is 6.46. The van der Waals surface area contributed by atoms with Crippen molar-refractivity contribution in [1.29, 1.82) is 0 Å². The lowest BCUT2D eigenvalue weighted by Crippen LogP contribution is -2.26. The summed E-state index contributed by atoms with van der Waals surface area (Å²) < 4.78 is 0. The second-order valence-electron chi connectivity index (χ2n) is 5.51. The first kappa shape index (κ1) is 12.6. The van der Waals surface area contributed by atoms with Crippen molar-refractivity contribution >= 4 is 17.3 Å². The Labute approximate surface area is 106 Å². The van der Waals surface area contributed by atoms with E-state index >= 15 is 0 Å². The summed E-state index contributed by atoms with van der Waals surface area (Å²) in [5, 5.41) is 12.2. The van der Waals surface area contributed by atoms with Gasteiger partial charge in [0, 0.05) is 17.7 Å². The van der Waals surface area contributed by atoms with Crippen LogP contribution in [0.3, 0.4) is 0 Å². The molecule has 0 aliphatic heterocycles. The van der Waals surface area contributed by atoms with Gasteiger partial charge < -0.3 is 5.11 Å². The minimum Gasteiger partial charge on any atom is -0.481 e. The zero-order chi connectivity index (χ0) is 12.5. The van der Waals surface area contributed by atoms with Crippen molar-refractivity contribution in [3.05, 3.63) is 16.1 Å². The summed E-state index contributed by atoms with van der Waals surface area (Å²) in [6.07, 6.45) is 5.62. The number of carboxylic acids is 1. The number of aliphatic carboxylic acids is 1. The predicted octanol–water partition coefficient (Wildman–Crippen LogP) is 3.45. The number of carbonyl (C=O) groups is 1. The lowest BCUT2D eigenvalue weighted by molar-refractivity contribution is -0.146. The van der Waals surface area contributed by atoms with Gasteiger partial charge in [-0.15, -0.1) is 11.3 Å². The molecule has 0 atom stereocenters. The summed E-state index contributed by atoms with van der Waals surface area (Å²) in [5.74, 6) is -0.136. The van der Waals surface area contributed by atoms with Crippen LogP contribution in [0.2, 0.25) is 0 Å². The fourth-order valence-electron chi connectivity index (χ4n) is 2.27. The van der Waals surface area contributed by atoms with E-state index in [1.54, 1.807) is 25.2 Å². The Balaban J connectivity index is 2.05. The molecule has 3 nitrogen and oxygen atoms in total. The van der Waals surface area contributed by atoms with Gasteiger partial charge in [-0.2, -0.15) is 0 Å². The molecule has 0 spiro atoms. The van der Waals surface area contributed by atoms with Gasteiger partial charge in [-0.1, -0.05) is 12.8 Å². The van der Waals surface area contributed by atoms with Crippen molar-refractivity contribution in [2.45, 2.75) is 51.9 Å². The van der Waals surface area contributed by atoms with E-state index < -0.39 is 11.4 Å². The monoisotopic (exact) mass is 253 g/mol. The Kier molecular flexibility index (Phi) is 3.52. The lowest BCUT2D eigenvalue weighted by atomic mass is 9.90. The van der Waals surface area contributed by atoms with Crippen LogP contribution in [0.15, 0.2) is 5.38 Å². The molecule has 1 N–H and O–H groups in total. The quantitative estimate of drug-likeness (QED) is 0.894. The highest BCUT2D eigenvalue weighted by molar-refractivity contribution is 7.09. The number of carboxylic acid groups (broad SMARTS) is 1. The van der Waals surface area contributed by atoms with Gasteiger partial charge in [0.1, 0.15) is 0 Å². The van der Waals surface area contributed by atoms with Crippen LogP contribution in [0.25, 0.3) is 0 Å². The van der Waals surface area contributed by atoms with Crippen LogP contribution in [0, 0.1) is 5.41 Å². The van der Waals surface area contributed by atoms with Crippen LogP contribution >= 0.6 is 11.3 Å². The van der Waals surface area contributed by atoms with Crippen LogP contribution in [0.4, 0.5) is 0 Å². The molecule has 94 valence electrons. The van der Waals surface area contributed by atoms with Gasteiger partial charge in [0.2, 0.25) is 0 Å². The molecule has 0 bridgehead atoms. The topological polar surface area (TPSA) is 50.2 Å². The second kappa shape index (κ2) is 4.77. The molecule has 0 aromatic carbocycles. The van der Waals surface area contributed by atoms with Crippen molar-refractivity contribution < 1.29 is 9.90 Å². The minimum absolute atomic E-state index is 0.528. The van der Waals surface area contributed by atoms with Crippen molar-refractivity contribution in [1.82, 2.24) is 4.98 Å². The van der Waals surface area contributed by atoms with E-state index in [0.717, 1.165) is 5.01 Å². The largest absolute Gasteiger partial charge is 0.481 e. The average molecular weight is 253 g/mol. The zero-order valence-corrected chi connectivity index (χ0v) is 11.2. The highest BCUT2D eigenvalue weighted by atomic mass is 32.1. The van der Waals surface area contributed by atoms with E-state index in [1.807, 2.05) is 0 Å². The van der Waals surface area contributed by atoms with Gasteiger partial charge in [0.25, 0.3) is 0 Å². The zero-order valence-electron chi connectivity index (χ0n) is 10.4. The molecule has 1 saturated carbocycles. The molecule has 1 aliphatic carbocycles. The summed E-state index contributed by atoms with van der Waals surface area (Å²) in [7, 11) is 0. The Morgan fingerprint density at radius 2 is 2.18 bits per heavy atom. The molecular weight excluding hydrogens is 234 g/mol. The normalized spacial score (nSPS) is 17.5. The van der Waals surface area contributed by atoms with E-state index in [2.05, 4.69) is 10.4 Å². The fourth-order valence-corrected chi connectivity index (χ4v) is 3.37. The van der Waals surface area contributed by atoms with Crippen LogP contribution in [-0.4, -0.2) is 16.1 Å². The number of hydrogen-bond donors (Lipinski definition) is 1. The van der Waals surface area contributed by atoms with E-state index in [4.69, 9.17) is 5.11 Å². The highest BCUT2D eigenvalue weighted by Gasteiger charge is 2.29. The van der Waals surface area contributed by atoms with Gasteiger partial charge >= 0.3 is 5.97 Å². The fraction of sp³-hybridized carbons (Fsp3) is 0.692. The number of rotatable bonds is 4. The van der Waals surface area contributed by atoms with Crippen LogP contribution in [0.1, 0.15) is 56.2 Å². The van der Waals surface area contributed by atoms with Crippen molar-refractivity contribution in [3.63, 3.8) is 0 Å². The molecule has 1 heterocycles. The highest BCUT2D eigenvalue weighted by Crippen LogP contribution is 2.35. The maximum atomic E-state index is 11.1. The van der Waals surface area contributed by atoms with Crippen molar-refractivity contribution in [2.24, 2.45) is 5.41 Å². The van der Waals surface area contributed by atoms with Gasteiger partial charge in [-0.3, -0.25) is 4.79 Å². The Morgan fingerprint density at radius 3 is 2.76 bits per heavy atom. The Morgan fingerprint density at radius 1 is 1.53 bits per heavy atom. The summed E-state index contributed by atoms with van der Waals surface area (Å²) in [4.78, 5) is 15.7. The third-order valence-electron chi connectivity index (χ3n) is 3.52. The molecule has 4 heteroatoms. The van der Waals surface area contributed by atoms with E-state index in [-0.39, 0.29) is 0 Å². The summed E-state index contributed by atoms with van der Waals surface area (Å²) in [6, 6.07) is 0.